The largest absolute Gasteiger partial charge is 0.458 e. The predicted molar refractivity (Wildman–Crippen MR) is 81.5 cm³/mol. The van der Waals surface area contributed by atoms with Gasteiger partial charge in [-0.15, -0.1) is 0 Å². The van der Waals surface area contributed by atoms with Crippen LogP contribution in [0.15, 0.2) is 12.7 Å². The van der Waals surface area contributed by atoms with Crippen molar-refractivity contribution in [2.24, 2.45) is 23.7 Å². The highest BCUT2D eigenvalue weighted by Gasteiger charge is 2.70. The average Bonchev–Trinajstić information content (AvgIpc) is 3.24. The van der Waals surface area contributed by atoms with Gasteiger partial charge >= 0.3 is 17.9 Å². The molecule has 0 N–H and O–H groups in total. The van der Waals surface area contributed by atoms with E-state index in [1.807, 2.05) is 0 Å². The first-order chi connectivity index (χ1) is 11.5. The second kappa shape index (κ2) is 5.33. The van der Waals surface area contributed by atoms with Gasteiger partial charge in [-0.1, -0.05) is 6.58 Å². The molecule has 3 aliphatic carbocycles. The minimum atomic E-state index is -0.613. The van der Waals surface area contributed by atoms with Crippen LogP contribution < -0.4 is 0 Å². The standard InChI is InChI=1S/C18H22O6/c1-3-18(6-4-5-7-18)24-17(21)13-11-8-10-12(13)16(20)23-15(10)14(11)22-9(2)19/h3,10-15H,1,4-8H2,2H3. The van der Waals surface area contributed by atoms with Crippen molar-refractivity contribution in [2.75, 3.05) is 0 Å². The number of ether oxygens (including phenoxy) is 3. The quantitative estimate of drug-likeness (QED) is 0.443. The number of hydrogen-bond donors (Lipinski definition) is 0. The summed E-state index contributed by atoms with van der Waals surface area (Å²) in [6, 6.07) is 0. The van der Waals surface area contributed by atoms with Gasteiger partial charge in [-0.05, 0) is 38.2 Å². The van der Waals surface area contributed by atoms with Gasteiger partial charge in [0, 0.05) is 18.8 Å². The molecule has 6 unspecified atom stereocenters. The highest BCUT2D eigenvalue weighted by atomic mass is 16.6. The molecule has 130 valence electrons. The van der Waals surface area contributed by atoms with Gasteiger partial charge in [0.15, 0.2) is 0 Å². The second-order valence-corrected chi connectivity index (χ2v) is 7.49. The molecule has 2 bridgehead atoms. The monoisotopic (exact) mass is 334 g/mol. The summed E-state index contributed by atoms with van der Waals surface area (Å²) in [7, 11) is 0. The molecule has 0 aromatic carbocycles. The van der Waals surface area contributed by atoms with Crippen LogP contribution in [-0.2, 0) is 28.6 Å². The Hall–Kier alpha value is -1.85. The third-order valence-electron chi connectivity index (χ3n) is 6.25. The Morgan fingerprint density at radius 1 is 1.29 bits per heavy atom. The van der Waals surface area contributed by atoms with E-state index in [4.69, 9.17) is 14.2 Å². The van der Waals surface area contributed by atoms with Gasteiger partial charge in [0.2, 0.25) is 0 Å². The van der Waals surface area contributed by atoms with E-state index in [1.165, 1.54) is 6.92 Å². The molecule has 0 aromatic rings. The highest BCUT2D eigenvalue weighted by molar-refractivity contribution is 5.86. The summed E-state index contributed by atoms with van der Waals surface area (Å²) in [4.78, 5) is 36.5. The van der Waals surface area contributed by atoms with Gasteiger partial charge in [-0.25, -0.2) is 0 Å². The molecule has 1 aliphatic heterocycles. The van der Waals surface area contributed by atoms with Crippen molar-refractivity contribution >= 4 is 17.9 Å². The molecule has 3 saturated carbocycles. The molecule has 1 heterocycles. The maximum atomic E-state index is 12.9. The molecule has 24 heavy (non-hydrogen) atoms. The first kappa shape index (κ1) is 15.7. The molecule has 0 spiro atoms. The van der Waals surface area contributed by atoms with Crippen LogP contribution >= 0.6 is 0 Å². The van der Waals surface area contributed by atoms with Crippen LogP contribution in [-0.4, -0.2) is 35.7 Å². The van der Waals surface area contributed by atoms with E-state index in [-0.39, 0.29) is 23.8 Å². The van der Waals surface area contributed by atoms with E-state index in [1.54, 1.807) is 6.08 Å². The van der Waals surface area contributed by atoms with Crippen molar-refractivity contribution in [3.05, 3.63) is 12.7 Å². The first-order valence-corrected chi connectivity index (χ1v) is 8.70. The molecule has 6 heteroatoms. The van der Waals surface area contributed by atoms with E-state index < -0.39 is 35.6 Å². The lowest BCUT2D eigenvalue weighted by Gasteiger charge is -2.33. The Morgan fingerprint density at radius 2 is 2.00 bits per heavy atom. The minimum Gasteiger partial charge on any atom is -0.458 e. The Morgan fingerprint density at radius 3 is 2.62 bits per heavy atom. The molecule has 1 saturated heterocycles. The van der Waals surface area contributed by atoms with Crippen LogP contribution in [0.4, 0.5) is 0 Å². The van der Waals surface area contributed by atoms with Crippen LogP contribution in [0, 0.1) is 23.7 Å². The SMILES string of the molecule is C=CC1(OC(=O)C2C3CC4C(OC(=O)C42)C3OC(C)=O)CCCC1. The van der Waals surface area contributed by atoms with E-state index >= 15 is 0 Å². The van der Waals surface area contributed by atoms with Gasteiger partial charge < -0.3 is 14.2 Å². The molecular weight excluding hydrogens is 312 g/mol. The third-order valence-corrected chi connectivity index (χ3v) is 6.25. The van der Waals surface area contributed by atoms with Crippen molar-refractivity contribution in [3.8, 4) is 0 Å². The van der Waals surface area contributed by atoms with Gasteiger partial charge in [-0.2, -0.15) is 0 Å². The lowest BCUT2D eigenvalue weighted by atomic mass is 9.78. The summed E-state index contributed by atoms with van der Waals surface area (Å²) < 4.78 is 16.6. The van der Waals surface area contributed by atoms with Gasteiger partial charge in [0.25, 0.3) is 0 Å². The summed E-state index contributed by atoms with van der Waals surface area (Å²) >= 11 is 0. The lowest BCUT2D eigenvalue weighted by molar-refractivity contribution is -0.170. The van der Waals surface area contributed by atoms with Crippen molar-refractivity contribution in [2.45, 2.75) is 56.8 Å². The Balaban J connectivity index is 1.58. The second-order valence-electron chi connectivity index (χ2n) is 7.49. The minimum absolute atomic E-state index is 0.0485. The summed E-state index contributed by atoms with van der Waals surface area (Å²) in [5.41, 5.74) is -0.613. The maximum absolute atomic E-state index is 12.9. The fraction of sp³-hybridized carbons (Fsp3) is 0.722. The molecule has 4 aliphatic rings. The number of carbonyl (C=O) groups is 3. The average molecular weight is 334 g/mol. The molecule has 4 rings (SSSR count). The molecular formula is C18H22O6. The Kier molecular flexibility index (Phi) is 3.48. The van der Waals surface area contributed by atoms with Crippen molar-refractivity contribution < 1.29 is 28.6 Å². The number of carbonyl (C=O) groups excluding carboxylic acids is 3. The first-order valence-electron chi connectivity index (χ1n) is 8.70. The molecule has 0 aromatic heterocycles. The number of hydrogen-bond acceptors (Lipinski definition) is 6. The summed E-state index contributed by atoms with van der Waals surface area (Å²) in [5, 5.41) is 0. The number of esters is 3. The van der Waals surface area contributed by atoms with Crippen LogP contribution in [0.25, 0.3) is 0 Å². The Labute approximate surface area is 140 Å². The van der Waals surface area contributed by atoms with Gasteiger partial charge in [0.1, 0.15) is 17.8 Å². The van der Waals surface area contributed by atoms with Crippen molar-refractivity contribution in [1.82, 2.24) is 0 Å². The van der Waals surface area contributed by atoms with Crippen LogP contribution in [0.1, 0.15) is 39.0 Å². The maximum Gasteiger partial charge on any atom is 0.311 e. The molecule has 0 radical (unpaired) electrons. The molecule has 0 amide bonds. The molecule has 6 nitrogen and oxygen atoms in total. The van der Waals surface area contributed by atoms with E-state index in [0.29, 0.717) is 6.42 Å². The van der Waals surface area contributed by atoms with Crippen LogP contribution in [0.3, 0.4) is 0 Å². The van der Waals surface area contributed by atoms with Crippen molar-refractivity contribution in [1.29, 1.82) is 0 Å². The van der Waals surface area contributed by atoms with E-state index in [9.17, 15) is 14.4 Å². The summed E-state index contributed by atoms with van der Waals surface area (Å²) in [5.74, 6) is -2.43. The summed E-state index contributed by atoms with van der Waals surface area (Å²) in [6.45, 7) is 5.15. The lowest BCUT2D eigenvalue weighted by Crippen LogP contribution is -2.45. The normalized spacial score (nSPS) is 41.1. The third kappa shape index (κ3) is 2.11. The highest BCUT2D eigenvalue weighted by Crippen LogP contribution is 2.59. The number of rotatable bonds is 4. The van der Waals surface area contributed by atoms with E-state index in [2.05, 4.69) is 6.58 Å². The fourth-order valence-corrected chi connectivity index (χ4v) is 5.25. The van der Waals surface area contributed by atoms with Crippen LogP contribution in [0.5, 0.6) is 0 Å². The molecule has 4 fully saturated rings. The van der Waals surface area contributed by atoms with Gasteiger partial charge in [0.05, 0.1) is 11.8 Å². The topological polar surface area (TPSA) is 78.9 Å². The predicted octanol–water partition coefficient (Wildman–Crippen LogP) is 1.77. The number of fused-ring (bicyclic) bond motifs is 1. The summed E-state index contributed by atoms with van der Waals surface area (Å²) in [6.07, 6.45) is 4.99. The Bertz CT molecular complexity index is 605. The zero-order valence-corrected chi connectivity index (χ0v) is 13.7. The van der Waals surface area contributed by atoms with Crippen LogP contribution in [0.2, 0.25) is 0 Å². The van der Waals surface area contributed by atoms with Crippen molar-refractivity contribution in [3.63, 3.8) is 0 Å². The van der Waals surface area contributed by atoms with E-state index in [0.717, 1.165) is 25.7 Å². The zero-order valence-electron chi connectivity index (χ0n) is 13.7. The zero-order chi connectivity index (χ0) is 17.1. The smallest absolute Gasteiger partial charge is 0.311 e. The molecule has 6 atom stereocenters. The fourth-order valence-electron chi connectivity index (χ4n) is 5.25. The van der Waals surface area contributed by atoms with Gasteiger partial charge in [-0.3, -0.25) is 14.4 Å².